The largest absolute Gasteiger partial charge is 0.351 e. The summed E-state index contributed by atoms with van der Waals surface area (Å²) in [5.74, 6) is 1.86. The fourth-order valence-electron chi connectivity index (χ4n) is 5.46. The van der Waals surface area contributed by atoms with Crippen molar-refractivity contribution in [2.75, 3.05) is 19.6 Å². The number of aryl methyl sites for hydroxylation is 1. The Hall–Kier alpha value is -3.41. The topological polar surface area (TPSA) is 57.9 Å². The number of hydrogen-bond acceptors (Lipinski definition) is 3. The van der Waals surface area contributed by atoms with Crippen molar-refractivity contribution < 1.29 is 9.59 Å². The minimum atomic E-state index is -0.515. The van der Waals surface area contributed by atoms with E-state index in [0.717, 1.165) is 55.7 Å². The van der Waals surface area contributed by atoms with Crippen LogP contribution in [0.5, 0.6) is 0 Å². The third-order valence-electron chi connectivity index (χ3n) is 7.94. The highest BCUT2D eigenvalue weighted by Gasteiger charge is 2.57. The van der Waals surface area contributed by atoms with Crippen LogP contribution in [0, 0.1) is 11.8 Å². The van der Waals surface area contributed by atoms with Crippen LogP contribution < -0.4 is 0 Å². The SMILES string of the molecule is Cn1ccc2ccc(-c3ccc(C4=NC5(CC5)C(=O)N4CC4CN(C(=O)C5CC5)C4)cc3)cc21. The number of carbonyl (C=O) groups excluding carboxylic acids is 2. The summed E-state index contributed by atoms with van der Waals surface area (Å²) in [6.45, 7) is 2.18. The van der Waals surface area contributed by atoms with Crippen molar-refractivity contribution in [1.82, 2.24) is 14.4 Å². The lowest BCUT2D eigenvalue weighted by atomic mass is 9.97. The smallest absolute Gasteiger partial charge is 0.256 e. The van der Waals surface area contributed by atoms with E-state index in [2.05, 4.69) is 66.3 Å². The van der Waals surface area contributed by atoms with E-state index >= 15 is 0 Å². The van der Waals surface area contributed by atoms with E-state index < -0.39 is 5.54 Å². The third-order valence-corrected chi connectivity index (χ3v) is 7.94. The molecular weight excluding hydrogens is 424 g/mol. The quantitative estimate of drug-likeness (QED) is 0.591. The molecule has 0 unspecified atom stereocenters. The lowest BCUT2D eigenvalue weighted by Gasteiger charge is -2.41. The second-order valence-corrected chi connectivity index (χ2v) is 10.5. The molecule has 172 valence electrons. The average molecular weight is 453 g/mol. The zero-order valence-corrected chi connectivity index (χ0v) is 19.4. The summed E-state index contributed by atoms with van der Waals surface area (Å²) in [6, 6.07) is 17.1. The number of hydrogen-bond donors (Lipinski definition) is 0. The molecule has 3 heterocycles. The Morgan fingerprint density at radius 3 is 2.41 bits per heavy atom. The van der Waals surface area contributed by atoms with Gasteiger partial charge in [0.05, 0.1) is 0 Å². The molecule has 34 heavy (non-hydrogen) atoms. The second-order valence-electron chi connectivity index (χ2n) is 10.5. The Balaban J connectivity index is 1.11. The molecule has 2 amide bonds. The maximum Gasteiger partial charge on any atom is 0.256 e. The first-order valence-corrected chi connectivity index (χ1v) is 12.4. The summed E-state index contributed by atoms with van der Waals surface area (Å²) in [4.78, 5) is 34.3. The summed E-state index contributed by atoms with van der Waals surface area (Å²) in [5.41, 5.74) is 4.02. The van der Waals surface area contributed by atoms with Gasteiger partial charge < -0.3 is 9.47 Å². The molecule has 6 nitrogen and oxygen atoms in total. The molecule has 2 saturated carbocycles. The summed E-state index contributed by atoms with van der Waals surface area (Å²) >= 11 is 0. The summed E-state index contributed by atoms with van der Waals surface area (Å²) in [6.07, 6.45) is 5.85. The van der Waals surface area contributed by atoms with Crippen LogP contribution in [0.4, 0.5) is 0 Å². The molecule has 7 rings (SSSR count). The Kier molecular flexibility index (Phi) is 4.15. The van der Waals surface area contributed by atoms with Gasteiger partial charge in [-0.05, 0) is 54.3 Å². The zero-order valence-electron chi connectivity index (χ0n) is 19.4. The predicted molar refractivity (Wildman–Crippen MR) is 131 cm³/mol. The van der Waals surface area contributed by atoms with Crippen molar-refractivity contribution in [2.45, 2.75) is 31.2 Å². The maximum absolute atomic E-state index is 13.2. The van der Waals surface area contributed by atoms with Crippen LogP contribution in [0.2, 0.25) is 0 Å². The van der Waals surface area contributed by atoms with Gasteiger partial charge in [-0.2, -0.15) is 0 Å². The number of nitrogens with zero attached hydrogens (tertiary/aromatic N) is 4. The number of aromatic nitrogens is 1. The Bertz CT molecular complexity index is 1350. The lowest BCUT2D eigenvalue weighted by molar-refractivity contribution is -0.139. The van der Waals surface area contributed by atoms with E-state index in [1.165, 1.54) is 16.5 Å². The Morgan fingerprint density at radius 1 is 1.00 bits per heavy atom. The van der Waals surface area contributed by atoms with E-state index in [1.54, 1.807) is 0 Å². The van der Waals surface area contributed by atoms with Gasteiger partial charge in [0.1, 0.15) is 11.4 Å². The number of likely N-dealkylation sites (tertiary alicyclic amines) is 1. The van der Waals surface area contributed by atoms with Gasteiger partial charge in [0, 0.05) is 55.8 Å². The number of aliphatic imine (C=N–C) groups is 1. The van der Waals surface area contributed by atoms with E-state index in [0.29, 0.717) is 18.4 Å². The number of carbonyl (C=O) groups is 2. The fourth-order valence-corrected chi connectivity index (χ4v) is 5.46. The van der Waals surface area contributed by atoms with Crippen molar-refractivity contribution in [1.29, 1.82) is 0 Å². The molecule has 0 N–H and O–H groups in total. The number of amidine groups is 1. The number of amides is 2. The van der Waals surface area contributed by atoms with Crippen LogP contribution in [0.25, 0.3) is 22.0 Å². The predicted octanol–water partition coefficient (Wildman–Crippen LogP) is 3.84. The van der Waals surface area contributed by atoms with Gasteiger partial charge in [-0.3, -0.25) is 19.5 Å². The first-order chi connectivity index (χ1) is 16.5. The minimum Gasteiger partial charge on any atom is -0.351 e. The molecule has 2 aliphatic heterocycles. The molecule has 1 aromatic heterocycles. The highest BCUT2D eigenvalue weighted by atomic mass is 16.2. The molecule has 4 aliphatic rings. The molecule has 1 saturated heterocycles. The highest BCUT2D eigenvalue weighted by Crippen LogP contribution is 2.46. The van der Waals surface area contributed by atoms with E-state index in [1.807, 2.05) is 9.80 Å². The number of benzene rings is 2. The van der Waals surface area contributed by atoms with Crippen LogP contribution in [0.15, 0.2) is 59.7 Å². The van der Waals surface area contributed by atoms with Crippen LogP contribution >= 0.6 is 0 Å². The third kappa shape index (κ3) is 3.11. The summed E-state index contributed by atoms with van der Waals surface area (Å²) in [5, 5.41) is 1.24. The molecule has 3 aromatic rings. The summed E-state index contributed by atoms with van der Waals surface area (Å²) in [7, 11) is 2.07. The monoisotopic (exact) mass is 452 g/mol. The molecule has 0 bridgehead atoms. The van der Waals surface area contributed by atoms with Gasteiger partial charge in [0.2, 0.25) is 5.91 Å². The first kappa shape index (κ1) is 20.0. The second kappa shape index (κ2) is 7.05. The Morgan fingerprint density at radius 2 is 1.71 bits per heavy atom. The van der Waals surface area contributed by atoms with Crippen LogP contribution in [0.3, 0.4) is 0 Å². The minimum absolute atomic E-state index is 0.146. The van der Waals surface area contributed by atoms with Gasteiger partial charge in [-0.15, -0.1) is 0 Å². The highest BCUT2D eigenvalue weighted by molar-refractivity contribution is 6.16. The van der Waals surface area contributed by atoms with Crippen LogP contribution in [0.1, 0.15) is 31.2 Å². The van der Waals surface area contributed by atoms with Crippen LogP contribution in [-0.2, 0) is 16.6 Å². The molecule has 2 aromatic carbocycles. The fraction of sp³-hybridized carbons (Fsp3) is 0.393. The van der Waals surface area contributed by atoms with Gasteiger partial charge in [0.25, 0.3) is 5.91 Å². The first-order valence-electron chi connectivity index (χ1n) is 12.4. The van der Waals surface area contributed by atoms with Gasteiger partial charge in [-0.25, -0.2) is 0 Å². The van der Waals surface area contributed by atoms with Crippen molar-refractivity contribution >= 4 is 28.6 Å². The molecule has 0 atom stereocenters. The normalized spacial score (nSPS) is 21.3. The average Bonchev–Trinajstić information content (AvgIpc) is 3.75. The van der Waals surface area contributed by atoms with Gasteiger partial charge in [-0.1, -0.05) is 36.4 Å². The van der Waals surface area contributed by atoms with E-state index in [9.17, 15) is 9.59 Å². The van der Waals surface area contributed by atoms with E-state index in [4.69, 9.17) is 4.99 Å². The standard InChI is InChI=1S/C28H28N4O2/c1-30-13-10-20-4-9-23(14-24(20)30)19-2-5-21(6-3-19)25-29-28(11-12-28)27(34)32(25)17-18-15-31(16-18)26(33)22-7-8-22/h2-6,9-10,13-14,18,22H,7-8,11-12,15-17H2,1H3. The lowest BCUT2D eigenvalue weighted by Crippen LogP contribution is -2.55. The van der Waals surface area contributed by atoms with E-state index in [-0.39, 0.29) is 11.8 Å². The maximum atomic E-state index is 13.2. The van der Waals surface area contributed by atoms with Crippen molar-refractivity contribution in [2.24, 2.45) is 23.9 Å². The Labute approximate surface area is 198 Å². The van der Waals surface area contributed by atoms with Crippen molar-refractivity contribution in [3.05, 3.63) is 60.3 Å². The van der Waals surface area contributed by atoms with Gasteiger partial charge >= 0.3 is 0 Å². The number of rotatable bonds is 5. The van der Waals surface area contributed by atoms with Gasteiger partial charge in [0.15, 0.2) is 0 Å². The molecular formula is C28H28N4O2. The number of fused-ring (bicyclic) bond motifs is 1. The van der Waals surface area contributed by atoms with Crippen LogP contribution in [-0.4, -0.2) is 57.2 Å². The zero-order chi connectivity index (χ0) is 23.0. The molecule has 2 aliphatic carbocycles. The molecule has 3 fully saturated rings. The van der Waals surface area contributed by atoms with Crippen molar-refractivity contribution in [3.8, 4) is 11.1 Å². The summed E-state index contributed by atoms with van der Waals surface area (Å²) < 4.78 is 2.14. The molecule has 1 spiro atoms. The van der Waals surface area contributed by atoms with Crippen molar-refractivity contribution in [3.63, 3.8) is 0 Å². The molecule has 6 heteroatoms. The molecule has 0 radical (unpaired) electrons.